The van der Waals surface area contributed by atoms with Crippen LogP contribution in [0.25, 0.3) is 0 Å². The summed E-state index contributed by atoms with van der Waals surface area (Å²) in [5.74, 6) is -0.00424. The van der Waals surface area contributed by atoms with E-state index in [0.29, 0.717) is 5.69 Å². The van der Waals surface area contributed by atoms with Crippen LogP contribution in [0.5, 0.6) is 0 Å². The molecule has 0 spiro atoms. The van der Waals surface area contributed by atoms with Crippen molar-refractivity contribution < 1.29 is 4.79 Å². The number of amides is 1. The van der Waals surface area contributed by atoms with Crippen LogP contribution in [0.3, 0.4) is 0 Å². The van der Waals surface area contributed by atoms with Gasteiger partial charge in [-0.15, -0.1) is 11.3 Å². The van der Waals surface area contributed by atoms with Crippen LogP contribution in [0.4, 0.5) is 0 Å². The third-order valence-electron chi connectivity index (χ3n) is 3.20. The molecule has 0 bridgehead atoms. The molecule has 1 aliphatic carbocycles. The van der Waals surface area contributed by atoms with Crippen LogP contribution in [0, 0.1) is 6.92 Å². The highest BCUT2D eigenvalue weighted by Crippen LogP contribution is 2.26. The molecule has 1 aromatic rings. The van der Waals surface area contributed by atoms with E-state index in [1.54, 1.807) is 4.90 Å². The van der Waals surface area contributed by atoms with Gasteiger partial charge in [0.05, 0.1) is 5.01 Å². The lowest BCUT2D eigenvalue weighted by molar-refractivity contribution is 0.0775. The summed E-state index contributed by atoms with van der Waals surface area (Å²) < 4.78 is 0.826. The van der Waals surface area contributed by atoms with E-state index in [2.05, 4.69) is 32.9 Å². The Hall–Kier alpha value is -0.460. The van der Waals surface area contributed by atoms with Crippen molar-refractivity contribution in [2.75, 3.05) is 27.2 Å². The van der Waals surface area contributed by atoms with Gasteiger partial charge in [0.2, 0.25) is 0 Å². The fourth-order valence-electron chi connectivity index (χ4n) is 1.82. The SMILES string of the molecule is Cc1nc(C(=O)N(C)CCN(C)C2CC2)c(Br)s1. The Labute approximate surface area is 120 Å². The van der Waals surface area contributed by atoms with E-state index < -0.39 is 0 Å². The molecule has 1 aliphatic rings. The van der Waals surface area contributed by atoms with Gasteiger partial charge in [0.1, 0.15) is 3.79 Å². The summed E-state index contributed by atoms with van der Waals surface area (Å²) in [6.07, 6.45) is 2.59. The molecule has 100 valence electrons. The first-order valence-corrected chi connectivity index (χ1v) is 7.68. The maximum atomic E-state index is 12.2. The van der Waals surface area contributed by atoms with Gasteiger partial charge < -0.3 is 9.80 Å². The molecule has 0 unspecified atom stereocenters. The summed E-state index contributed by atoms with van der Waals surface area (Å²) in [6.45, 7) is 3.58. The van der Waals surface area contributed by atoms with Gasteiger partial charge in [-0.1, -0.05) is 0 Å². The quantitative estimate of drug-likeness (QED) is 0.831. The largest absolute Gasteiger partial charge is 0.339 e. The zero-order chi connectivity index (χ0) is 13.3. The molecule has 1 saturated carbocycles. The summed E-state index contributed by atoms with van der Waals surface area (Å²) in [4.78, 5) is 20.5. The number of hydrogen-bond donors (Lipinski definition) is 0. The van der Waals surface area contributed by atoms with Crippen molar-refractivity contribution in [1.82, 2.24) is 14.8 Å². The Balaban J connectivity index is 1.89. The molecule has 0 atom stereocenters. The van der Waals surface area contributed by atoms with Gasteiger partial charge >= 0.3 is 0 Å². The topological polar surface area (TPSA) is 36.4 Å². The molecule has 18 heavy (non-hydrogen) atoms. The van der Waals surface area contributed by atoms with Gasteiger partial charge in [-0.2, -0.15) is 0 Å². The predicted octanol–water partition coefficient (Wildman–Crippen LogP) is 2.38. The van der Waals surface area contributed by atoms with Gasteiger partial charge in [0.25, 0.3) is 5.91 Å². The van der Waals surface area contributed by atoms with Crippen LogP contribution in [0.1, 0.15) is 28.3 Å². The second-order valence-corrected chi connectivity index (χ2v) is 7.31. The van der Waals surface area contributed by atoms with Crippen LogP contribution < -0.4 is 0 Å². The van der Waals surface area contributed by atoms with Gasteiger partial charge in [0, 0.05) is 26.2 Å². The van der Waals surface area contributed by atoms with Gasteiger partial charge in [0.15, 0.2) is 5.69 Å². The van der Waals surface area contributed by atoms with Crippen molar-refractivity contribution in [3.05, 3.63) is 14.5 Å². The Bertz CT molecular complexity index is 445. The van der Waals surface area contributed by atoms with Crippen molar-refractivity contribution >= 4 is 33.2 Å². The van der Waals surface area contributed by atoms with Crippen molar-refractivity contribution in [2.45, 2.75) is 25.8 Å². The van der Waals surface area contributed by atoms with E-state index in [9.17, 15) is 4.79 Å². The minimum Gasteiger partial charge on any atom is -0.339 e. The fraction of sp³-hybridized carbons (Fsp3) is 0.667. The van der Waals surface area contributed by atoms with Gasteiger partial charge in [-0.3, -0.25) is 4.79 Å². The van der Waals surface area contributed by atoms with E-state index in [1.807, 2.05) is 14.0 Å². The minimum absolute atomic E-state index is 0.00424. The highest BCUT2D eigenvalue weighted by Gasteiger charge is 2.26. The maximum Gasteiger partial charge on any atom is 0.274 e. The Morgan fingerprint density at radius 1 is 1.44 bits per heavy atom. The molecule has 1 fully saturated rings. The molecule has 6 heteroatoms. The number of carbonyl (C=O) groups excluding carboxylic acids is 1. The van der Waals surface area contributed by atoms with Crippen LogP contribution >= 0.6 is 27.3 Å². The van der Waals surface area contributed by atoms with E-state index in [4.69, 9.17) is 0 Å². The zero-order valence-corrected chi connectivity index (χ0v) is 13.3. The minimum atomic E-state index is -0.00424. The second-order valence-electron chi connectivity index (χ2n) is 4.79. The van der Waals surface area contributed by atoms with Crippen LogP contribution in [-0.2, 0) is 0 Å². The van der Waals surface area contributed by atoms with Crippen LogP contribution in [0.2, 0.25) is 0 Å². The first kappa shape index (κ1) is 14.0. The number of hydrogen-bond acceptors (Lipinski definition) is 4. The summed E-state index contributed by atoms with van der Waals surface area (Å²) >= 11 is 4.90. The highest BCUT2D eigenvalue weighted by molar-refractivity contribution is 9.11. The average molecular weight is 332 g/mol. The lowest BCUT2D eigenvalue weighted by atomic mass is 10.4. The number of aryl methyl sites for hydroxylation is 1. The number of rotatable bonds is 5. The normalized spacial score (nSPS) is 15.2. The van der Waals surface area contributed by atoms with Crippen molar-refractivity contribution in [1.29, 1.82) is 0 Å². The summed E-state index contributed by atoms with van der Waals surface area (Å²) in [5, 5.41) is 0.911. The molecule has 0 aliphatic heterocycles. The van der Waals surface area contributed by atoms with Gasteiger partial charge in [-0.05, 0) is 42.7 Å². The standard InChI is InChI=1S/C12H18BrN3OS/c1-8-14-10(11(13)18-8)12(17)16(3)7-6-15(2)9-4-5-9/h9H,4-7H2,1-3H3. The fourth-order valence-corrected chi connectivity index (χ4v) is 3.41. The lowest BCUT2D eigenvalue weighted by Gasteiger charge is -2.21. The molecular formula is C12H18BrN3OS. The maximum absolute atomic E-state index is 12.2. The Morgan fingerprint density at radius 2 is 2.11 bits per heavy atom. The van der Waals surface area contributed by atoms with E-state index in [1.165, 1.54) is 24.2 Å². The lowest BCUT2D eigenvalue weighted by Crippen LogP contribution is -2.35. The Morgan fingerprint density at radius 3 is 2.61 bits per heavy atom. The predicted molar refractivity (Wildman–Crippen MR) is 77.2 cm³/mol. The second kappa shape index (κ2) is 5.67. The summed E-state index contributed by atoms with van der Waals surface area (Å²) in [7, 11) is 3.96. The molecule has 0 radical (unpaired) electrons. The molecular weight excluding hydrogens is 314 g/mol. The van der Waals surface area contributed by atoms with Crippen molar-refractivity contribution in [3.63, 3.8) is 0 Å². The van der Waals surface area contributed by atoms with Crippen LogP contribution in [-0.4, -0.2) is 53.9 Å². The number of aromatic nitrogens is 1. The number of nitrogens with zero attached hydrogens (tertiary/aromatic N) is 3. The summed E-state index contributed by atoms with van der Waals surface area (Å²) in [5.41, 5.74) is 0.536. The first-order chi connectivity index (χ1) is 8.49. The third kappa shape index (κ3) is 3.30. The monoisotopic (exact) mass is 331 g/mol. The van der Waals surface area contributed by atoms with E-state index in [0.717, 1.165) is 27.9 Å². The average Bonchev–Trinajstić information content (AvgIpc) is 3.11. The van der Waals surface area contributed by atoms with Crippen molar-refractivity contribution in [3.8, 4) is 0 Å². The number of halogens is 1. The van der Waals surface area contributed by atoms with E-state index >= 15 is 0 Å². The molecule has 1 amide bonds. The molecule has 2 rings (SSSR count). The van der Waals surface area contributed by atoms with Gasteiger partial charge in [-0.25, -0.2) is 4.98 Å². The number of likely N-dealkylation sites (N-methyl/N-ethyl adjacent to an activating group) is 2. The van der Waals surface area contributed by atoms with Crippen molar-refractivity contribution in [2.24, 2.45) is 0 Å². The molecule has 1 heterocycles. The molecule has 1 aromatic heterocycles. The van der Waals surface area contributed by atoms with Crippen LogP contribution in [0.15, 0.2) is 3.79 Å². The number of carbonyl (C=O) groups is 1. The third-order valence-corrected chi connectivity index (χ3v) is 4.82. The molecule has 0 aromatic carbocycles. The highest BCUT2D eigenvalue weighted by atomic mass is 79.9. The molecule has 0 N–H and O–H groups in total. The summed E-state index contributed by atoms with van der Waals surface area (Å²) in [6, 6.07) is 0.738. The Kier molecular flexibility index (Phi) is 4.40. The number of thiazole rings is 1. The van der Waals surface area contributed by atoms with E-state index in [-0.39, 0.29) is 5.91 Å². The molecule has 0 saturated heterocycles. The molecule has 4 nitrogen and oxygen atoms in total. The smallest absolute Gasteiger partial charge is 0.274 e. The first-order valence-electron chi connectivity index (χ1n) is 6.07. The zero-order valence-electron chi connectivity index (χ0n) is 10.9.